The summed E-state index contributed by atoms with van der Waals surface area (Å²) in [6, 6.07) is 2.19. The molecule has 1 saturated heterocycles. The predicted molar refractivity (Wildman–Crippen MR) is 91.0 cm³/mol. The van der Waals surface area contributed by atoms with Crippen LogP contribution in [-0.2, 0) is 19.4 Å². The Kier molecular flexibility index (Phi) is 5.62. The van der Waals surface area contributed by atoms with Crippen LogP contribution >= 0.6 is 23.2 Å². The number of ether oxygens (including phenoxy) is 1. The highest BCUT2D eigenvalue weighted by Gasteiger charge is 2.31. The monoisotopic (exact) mass is 394 g/mol. The average molecular weight is 395 g/mol. The average Bonchev–Trinajstić information content (AvgIpc) is 2.81. The zero-order valence-electron chi connectivity index (χ0n) is 12.7. The van der Waals surface area contributed by atoms with E-state index in [0.717, 1.165) is 0 Å². The van der Waals surface area contributed by atoms with Crippen molar-refractivity contribution in [1.82, 2.24) is 5.32 Å². The van der Waals surface area contributed by atoms with Gasteiger partial charge in [0.2, 0.25) is 0 Å². The Morgan fingerprint density at radius 1 is 1.38 bits per heavy atom. The fourth-order valence-electron chi connectivity index (χ4n) is 2.26. The van der Waals surface area contributed by atoms with Gasteiger partial charge in [-0.15, -0.1) is 0 Å². The first-order valence-corrected chi connectivity index (χ1v) is 9.63. The second kappa shape index (κ2) is 7.16. The molecule has 0 radical (unpaired) electrons. The molecule has 1 aromatic carbocycles. The summed E-state index contributed by atoms with van der Waals surface area (Å²) in [5.74, 6) is -1.52. The third kappa shape index (κ3) is 4.52. The minimum absolute atomic E-state index is 0.000520. The molecule has 0 aliphatic carbocycles. The number of carbonyl (C=O) groups excluding carboxylic acids is 2. The van der Waals surface area contributed by atoms with Crippen LogP contribution < -0.4 is 11.1 Å². The van der Waals surface area contributed by atoms with Gasteiger partial charge in [0.25, 0.3) is 5.91 Å². The van der Waals surface area contributed by atoms with Gasteiger partial charge in [-0.2, -0.15) is 0 Å². The van der Waals surface area contributed by atoms with Crippen molar-refractivity contribution in [3.63, 3.8) is 0 Å². The van der Waals surface area contributed by atoms with E-state index < -0.39 is 33.9 Å². The molecule has 10 heteroatoms. The standard InChI is InChI=1S/C14H16Cl2N2O5S/c1-7(13(19)18-9-2-3-24(21,22)6-9)23-14(20)10-4-8(15)5-11(16)12(10)17/h4-5,7,9H,2-3,6,17H2,1H3,(H,18,19)/t7-,9-/m0/s1. The highest BCUT2D eigenvalue weighted by atomic mass is 35.5. The zero-order chi connectivity index (χ0) is 18.1. The molecular weight excluding hydrogens is 379 g/mol. The van der Waals surface area contributed by atoms with Crippen LogP contribution in [0.3, 0.4) is 0 Å². The number of hydrogen-bond donors (Lipinski definition) is 2. The van der Waals surface area contributed by atoms with Crippen molar-refractivity contribution in [2.24, 2.45) is 0 Å². The molecule has 0 saturated carbocycles. The summed E-state index contributed by atoms with van der Waals surface area (Å²) in [5, 5.41) is 2.85. The van der Waals surface area contributed by atoms with E-state index in [9.17, 15) is 18.0 Å². The van der Waals surface area contributed by atoms with E-state index in [4.69, 9.17) is 33.7 Å². The zero-order valence-corrected chi connectivity index (χ0v) is 15.0. The second-order valence-corrected chi connectivity index (χ2v) is 8.58. The number of hydrogen-bond acceptors (Lipinski definition) is 6. The van der Waals surface area contributed by atoms with E-state index in [1.165, 1.54) is 19.1 Å². The fourth-order valence-corrected chi connectivity index (χ4v) is 4.43. The predicted octanol–water partition coefficient (Wildman–Crippen LogP) is 1.42. The lowest BCUT2D eigenvalue weighted by molar-refractivity contribution is -0.129. The first kappa shape index (κ1) is 18.8. The lowest BCUT2D eigenvalue weighted by Crippen LogP contribution is -2.42. The van der Waals surface area contributed by atoms with E-state index in [1.54, 1.807) is 0 Å². The van der Waals surface area contributed by atoms with Crippen molar-refractivity contribution >= 4 is 50.6 Å². The quantitative estimate of drug-likeness (QED) is 0.589. The number of esters is 1. The van der Waals surface area contributed by atoms with E-state index in [0.29, 0.717) is 6.42 Å². The normalized spacial score (nSPS) is 20.4. The molecule has 24 heavy (non-hydrogen) atoms. The molecule has 1 aliphatic rings. The molecule has 1 aromatic rings. The first-order valence-electron chi connectivity index (χ1n) is 7.05. The van der Waals surface area contributed by atoms with Crippen molar-refractivity contribution < 1.29 is 22.7 Å². The van der Waals surface area contributed by atoms with Crippen molar-refractivity contribution in [2.45, 2.75) is 25.5 Å². The summed E-state index contributed by atoms with van der Waals surface area (Å²) in [7, 11) is -3.12. The summed E-state index contributed by atoms with van der Waals surface area (Å²) < 4.78 is 27.8. The number of nitrogens with one attached hydrogen (secondary N) is 1. The Morgan fingerprint density at radius 2 is 2.04 bits per heavy atom. The fraction of sp³-hybridized carbons (Fsp3) is 0.429. The van der Waals surface area contributed by atoms with Gasteiger partial charge in [-0.3, -0.25) is 4.79 Å². The number of benzene rings is 1. The van der Waals surface area contributed by atoms with Gasteiger partial charge in [-0.25, -0.2) is 13.2 Å². The van der Waals surface area contributed by atoms with Crippen molar-refractivity contribution in [3.8, 4) is 0 Å². The van der Waals surface area contributed by atoms with Gasteiger partial charge < -0.3 is 15.8 Å². The number of amides is 1. The minimum atomic E-state index is -3.12. The highest BCUT2D eigenvalue weighted by Crippen LogP contribution is 2.28. The molecule has 0 spiro atoms. The van der Waals surface area contributed by atoms with Crippen LogP contribution in [-0.4, -0.2) is 43.9 Å². The maximum absolute atomic E-state index is 12.1. The van der Waals surface area contributed by atoms with Gasteiger partial charge in [0.1, 0.15) is 0 Å². The second-order valence-electron chi connectivity index (χ2n) is 5.50. The number of nitrogen functional groups attached to an aromatic ring is 1. The molecule has 1 amide bonds. The van der Waals surface area contributed by atoms with Gasteiger partial charge in [0.15, 0.2) is 15.9 Å². The summed E-state index contributed by atoms with van der Waals surface area (Å²) in [5.41, 5.74) is 5.66. The van der Waals surface area contributed by atoms with Crippen LogP contribution in [0.2, 0.25) is 10.0 Å². The molecule has 1 aliphatic heterocycles. The summed E-state index contributed by atoms with van der Waals surface area (Å²) in [6.45, 7) is 1.37. The third-order valence-electron chi connectivity index (χ3n) is 3.55. The number of sulfone groups is 1. The Hall–Kier alpha value is -1.51. The Balaban J connectivity index is 2.00. The van der Waals surface area contributed by atoms with Crippen molar-refractivity contribution in [1.29, 1.82) is 0 Å². The first-order chi connectivity index (χ1) is 11.1. The lowest BCUT2D eigenvalue weighted by Gasteiger charge is -2.17. The van der Waals surface area contributed by atoms with Crippen LogP contribution in [0.15, 0.2) is 12.1 Å². The van der Waals surface area contributed by atoms with Crippen LogP contribution in [0.25, 0.3) is 0 Å². The number of rotatable bonds is 4. The van der Waals surface area contributed by atoms with Crippen LogP contribution in [0.4, 0.5) is 5.69 Å². The molecule has 7 nitrogen and oxygen atoms in total. The molecule has 0 bridgehead atoms. The summed E-state index contributed by atoms with van der Waals surface area (Å²) in [6.07, 6.45) is -0.788. The van der Waals surface area contributed by atoms with Crippen molar-refractivity contribution in [3.05, 3.63) is 27.7 Å². The molecule has 2 atom stereocenters. The summed E-state index contributed by atoms with van der Waals surface area (Å²) >= 11 is 11.7. The topological polar surface area (TPSA) is 116 Å². The maximum Gasteiger partial charge on any atom is 0.341 e. The van der Waals surface area contributed by atoms with Crippen LogP contribution in [0, 0.1) is 0 Å². The van der Waals surface area contributed by atoms with E-state index in [1.807, 2.05) is 0 Å². The number of carbonyl (C=O) groups is 2. The van der Waals surface area contributed by atoms with Gasteiger partial charge in [-0.05, 0) is 25.5 Å². The van der Waals surface area contributed by atoms with E-state index in [2.05, 4.69) is 5.32 Å². The van der Waals surface area contributed by atoms with Crippen LogP contribution in [0.5, 0.6) is 0 Å². The van der Waals surface area contributed by atoms with Gasteiger partial charge in [-0.1, -0.05) is 23.2 Å². The highest BCUT2D eigenvalue weighted by molar-refractivity contribution is 7.91. The lowest BCUT2D eigenvalue weighted by atomic mass is 10.2. The molecule has 0 aromatic heterocycles. The SMILES string of the molecule is C[C@H](OC(=O)c1cc(Cl)cc(Cl)c1N)C(=O)N[C@H]1CCS(=O)(=O)C1. The molecule has 1 heterocycles. The Labute approximate surface area is 149 Å². The van der Waals surface area contributed by atoms with Gasteiger partial charge in [0, 0.05) is 11.1 Å². The molecule has 3 N–H and O–H groups in total. The number of anilines is 1. The molecular formula is C14H16Cl2N2O5S. The largest absolute Gasteiger partial charge is 0.449 e. The van der Waals surface area contributed by atoms with Gasteiger partial charge >= 0.3 is 5.97 Å². The third-order valence-corrected chi connectivity index (χ3v) is 5.84. The van der Waals surface area contributed by atoms with Crippen LogP contribution in [0.1, 0.15) is 23.7 Å². The van der Waals surface area contributed by atoms with E-state index in [-0.39, 0.29) is 32.8 Å². The molecule has 1 fully saturated rings. The maximum atomic E-state index is 12.1. The Morgan fingerprint density at radius 3 is 2.62 bits per heavy atom. The smallest absolute Gasteiger partial charge is 0.341 e. The Bertz CT molecular complexity index is 782. The minimum Gasteiger partial charge on any atom is -0.449 e. The number of nitrogens with two attached hydrogens (primary N) is 1. The van der Waals surface area contributed by atoms with Crippen molar-refractivity contribution in [2.75, 3.05) is 17.2 Å². The molecule has 0 unspecified atom stereocenters. The summed E-state index contributed by atoms with van der Waals surface area (Å²) in [4.78, 5) is 24.2. The van der Waals surface area contributed by atoms with Gasteiger partial charge in [0.05, 0.1) is 27.8 Å². The molecule has 132 valence electrons. The molecule has 2 rings (SSSR count). The van der Waals surface area contributed by atoms with E-state index >= 15 is 0 Å². The number of halogens is 2.